The highest BCUT2D eigenvalue weighted by Gasteiger charge is 2.93. The van der Waals surface area contributed by atoms with E-state index in [9.17, 15) is 30.6 Å². The molecular weight excluding hydrogens is 384 g/mol. The Kier molecular flexibility index (Phi) is 4.41. The molecule has 0 heterocycles. The molecule has 0 amide bonds. The van der Waals surface area contributed by atoms with E-state index in [0.717, 1.165) is 5.56 Å². The highest BCUT2D eigenvalue weighted by atomic mass is 35.5. The molecule has 6 nitrogen and oxygen atoms in total. The van der Waals surface area contributed by atoms with Crippen LogP contribution in [0.5, 0.6) is 0 Å². The number of hydrogen-bond acceptors (Lipinski definition) is 6. The molecule has 150 valence electrons. The van der Waals surface area contributed by atoms with Gasteiger partial charge in [0.15, 0.2) is 0 Å². The van der Waals surface area contributed by atoms with Crippen molar-refractivity contribution in [3.63, 3.8) is 0 Å². The summed E-state index contributed by atoms with van der Waals surface area (Å²) >= 11 is 5.91. The maximum absolute atomic E-state index is 11.4. The summed E-state index contributed by atoms with van der Waals surface area (Å²) < 4.78 is 0. The molecule has 7 heteroatoms. The van der Waals surface area contributed by atoms with Crippen LogP contribution in [0.1, 0.15) is 28.5 Å². The smallest absolute Gasteiger partial charge is 0.138 e. The molecule has 2 fully saturated rings. The van der Waals surface area contributed by atoms with E-state index in [1.54, 1.807) is 48.5 Å². The Morgan fingerprint density at radius 1 is 0.964 bits per heavy atom. The van der Waals surface area contributed by atoms with E-state index in [1.807, 2.05) is 6.92 Å². The minimum absolute atomic E-state index is 0.382. The predicted octanol–water partition coefficient (Wildman–Crippen LogP) is 0.450. The van der Waals surface area contributed by atoms with Crippen molar-refractivity contribution in [2.24, 2.45) is 0 Å². The zero-order valence-electron chi connectivity index (χ0n) is 15.2. The number of aliphatic hydroxyl groups is 6. The second-order valence-electron chi connectivity index (χ2n) is 7.93. The first-order chi connectivity index (χ1) is 13.1. The summed E-state index contributed by atoms with van der Waals surface area (Å²) in [6, 6.07) is 13.2. The lowest BCUT2D eigenvalue weighted by atomic mass is 9.30. The molecule has 0 saturated heterocycles. The third-order valence-corrected chi connectivity index (χ3v) is 6.89. The van der Waals surface area contributed by atoms with Crippen molar-refractivity contribution in [2.45, 2.75) is 47.8 Å². The third kappa shape index (κ3) is 2.09. The van der Waals surface area contributed by atoms with Crippen molar-refractivity contribution >= 4 is 11.6 Å². The molecule has 2 aliphatic rings. The van der Waals surface area contributed by atoms with Crippen LogP contribution in [-0.4, -0.2) is 66.3 Å². The molecule has 28 heavy (non-hydrogen) atoms. The van der Waals surface area contributed by atoms with E-state index in [-0.39, 0.29) is 0 Å². The molecule has 3 unspecified atom stereocenters. The number of aryl methyl sites for hydroxylation is 1. The Labute approximate surface area is 167 Å². The lowest BCUT2D eigenvalue weighted by Crippen LogP contribution is -2.99. The minimum atomic E-state index is -2.28. The molecule has 7 atom stereocenters. The summed E-state index contributed by atoms with van der Waals surface area (Å²) in [5.41, 5.74) is -4.75. The zero-order chi connectivity index (χ0) is 20.5. The van der Waals surface area contributed by atoms with Crippen molar-refractivity contribution in [2.75, 3.05) is 6.61 Å². The van der Waals surface area contributed by atoms with Gasteiger partial charge in [-0.05, 0) is 30.2 Å². The van der Waals surface area contributed by atoms with Crippen LogP contribution in [-0.2, 0) is 0 Å². The molecule has 0 bridgehead atoms. The van der Waals surface area contributed by atoms with Gasteiger partial charge in [0.2, 0.25) is 0 Å². The molecule has 4 rings (SSSR count). The SMILES string of the molecule is Cc1ccc(C2C(O)[C@@]3(O)C(c4ccc(Cl)cc4)[C@@](O)([C@H](O)CO)[C@@]23O)cc1. The molecule has 2 aliphatic carbocycles. The summed E-state index contributed by atoms with van der Waals surface area (Å²) in [6.07, 6.45) is -3.12. The second kappa shape index (κ2) is 6.24. The van der Waals surface area contributed by atoms with Crippen LogP contribution < -0.4 is 0 Å². The fraction of sp³-hybridized carbons (Fsp3) is 0.429. The summed E-state index contributed by atoms with van der Waals surface area (Å²) in [6.45, 7) is 1.06. The van der Waals surface area contributed by atoms with Gasteiger partial charge in [-0.3, -0.25) is 0 Å². The monoisotopic (exact) mass is 406 g/mol. The fourth-order valence-corrected chi connectivity index (χ4v) is 5.37. The molecule has 0 aromatic heterocycles. The molecule has 0 spiro atoms. The topological polar surface area (TPSA) is 121 Å². The molecule has 0 aliphatic heterocycles. The van der Waals surface area contributed by atoms with Crippen LogP contribution >= 0.6 is 11.6 Å². The minimum Gasteiger partial charge on any atom is -0.394 e. The first-order valence-electron chi connectivity index (χ1n) is 9.10. The Morgan fingerprint density at radius 3 is 2.04 bits per heavy atom. The summed E-state index contributed by atoms with van der Waals surface area (Å²) in [5.74, 6) is -2.26. The number of fused-ring (bicyclic) bond motifs is 1. The fourth-order valence-electron chi connectivity index (χ4n) is 5.25. The van der Waals surface area contributed by atoms with E-state index < -0.39 is 47.5 Å². The summed E-state index contributed by atoms with van der Waals surface area (Å²) in [4.78, 5) is 0. The number of halogens is 1. The van der Waals surface area contributed by atoms with Crippen LogP contribution in [0.4, 0.5) is 0 Å². The lowest BCUT2D eigenvalue weighted by Gasteiger charge is -2.80. The molecule has 6 N–H and O–H groups in total. The van der Waals surface area contributed by atoms with E-state index in [4.69, 9.17) is 11.6 Å². The summed E-state index contributed by atoms with van der Waals surface area (Å²) in [7, 11) is 0. The lowest BCUT2D eigenvalue weighted by molar-refractivity contribution is -0.459. The Bertz CT molecular complexity index is 885. The van der Waals surface area contributed by atoms with E-state index in [1.165, 1.54) is 0 Å². The second-order valence-corrected chi connectivity index (χ2v) is 8.37. The predicted molar refractivity (Wildman–Crippen MR) is 102 cm³/mol. The largest absolute Gasteiger partial charge is 0.394 e. The van der Waals surface area contributed by atoms with Gasteiger partial charge in [0.1, 0.15) is 22.9 Å². The van der Waals surface area contributed by atoms with Crippen LogP contribution in [0, 0.1) is 6.92 Å². The molecular formula is C21H23ClO6. The van der Waals surface area contributed by atoms with E-state index in [2.05, 4.69) is 0 Å². The van der Waals surface area contributed by atoms with Gasteiger partial charge in [-0.1, -0.05) is 53.6 Å². The van der Waals surface area contributed by atoms with Crippen LogP contribution in [0.25, 0.3) is 0 Å². The Balaban J connectivity index is 1.84. The average molecular weight is 407 g/mol. The van der Waals surface area contributed by atoms with Gasteiger partial charge in [-0.15, -0.1) is 0 Å². The third-order valence-electron chi connectivity index (χ3n) is 6.64. The van der Waals surface area contributed by atoms with E-state index >= 15 is 0 Å². The van der Waals surface area contributed by atoms with Crippen LogP contribution in [0.2, 0.25) is 5.02 Å². The average Bonchev–Trinajstić information content (AvgIpc) is 2.69. The van der Waals surface area contributed by atoms with Crippen molar-refractivity contribution in [1.29, 1.82) is 0 Å². The zero-order valence-corrected chi connectivity index (χ0v) is 16.0. The molecule has 2 aromatic carbocycles. The number of benzene rings is 2. The van der Waals surface area contributed by atoms with E-state index in [0.29, 0.717) is 16.1 Å². The van der Waals surface area contributed by atoms with Crippen molar-refractivity contribution in [3.8, 4) is 0 Å². The van der Waals surface area contributed by atoms with Gasteiger partial charge in [-0.25, -0.2) is 0 Å². The summed E-state index contributed by atoms with van der Waals surface area (Å²) in [5, 5.41) is 65.4. The number of hydrogen-bond donors (Lipinski definition) is 6. The molecule has 2 saturated carbocycles. The molecule has 2 aromatic rings. The van der Waals surface area contributed by atoms with Gasteiger partial charge < -0.3 is 30.6 Å². The highest BCUT2D eigenvalue weighted by Crippen LogP contribution is 2.75. The van der Waals surface area contributed by atoms with Crippen molar-refractivity contribution in [3.05, 3.63) is 70.2 Å². The first-order valence-corrected chi connectivity index (χ1v) is 9.48. The van der Waals surface area contributed by atoms with Gasteiger partial charge >= 0.3 is 0 Å². The maximum Gasteiger partial charge on any atom is 0.138 e. The van der Waals surface area contributed by atoms with Gasteiger partial charge in [0, 0.05) is 10.9 Å². The standard InChI is InChI=1S/C21H23ClO6/c1-11-2-4-12(5-3-11)16-18(25)20(27)17(13-6-8-14(22)9-7-13)19(26,15(24)10-23)21(16,20)28/h2-9,15-18,23-28H,10H2,1H3/t15-,16?,17?,18?,19+,20+,21+/m1/s1. The van der Waals surface area contributed by atoms with Gasteiger partial charge in [0.25, 0.3) is 0 Å². The van der Waals surface area contributed by atoms with Crippen LogP contribution in [0.15, 0.2) is 48.5 Å². The molecule has 0 radical (unpaired) electrons. The normalized spacial score (nSPS) is 40.2. The number of rotatable bonds is 4. The Morgan fingerprint density at radius 2 is 1.50 bits per heavy atom. The highest BCUT2D eigenvalue weighted by molar-refractivity contribution is 6.30. The maximum atomic E-state index is 11.4. The van der Waals surface area contributed by atoms with Crippen LogP contribution in [0.3, 0.4) is 0 Å². The quantitative estimate of drug-likeness (QED) is 0.438. The van der Waals surface area contributed by atoms with Crippen molar-refractivity contribution in [1.82, 2.24) is 0 Å². The first kappa shape index (κ1) is 19.8. The van der Waals surface area contributed by atoms with Crippen molar-refractivity contribution < 1.29 is 30.6 Å². The van der Waals surface area contributed by atoms with Gasteiger partial charge in [0.05, 0.1) is 18.6 Å². The van der Waals surface area contributed by atoms with Gasteiger partial charge in [-0.2, -0.15) is 0 Å². The Hall–Kier alpha value is -1.51. The number of aliphatic hydroxyl groups excluding tert-OH is 3.